The summed E-state index contributed by atoms with van der Waals surface area (Å²) in [5, 5.41) is 6.80. The van der Waals surface area contributed by atoms with Gasteiger partial charge in [-0.05, 0) is 81.7 Å². The number of fused-ring (bicyclic) bond motifs is 11. The van der Waals surface area contributed by atoms with Crippen LogP contribution >= 0.6 is 0 Å². The van der Waals surface area contributed by atoms with Crippen LogP contribution in [-0.4, -0.2) is 0 Å². The third-order valence-electron chi connectivity index (χ3n) is 12.5. The predicted octanol–water partition coefficient (Wildman–Crippen LogP) is 15.7. The Bertz CT molecular complexity index is 3440. The Hall–Kier alpha value is -7.36. The molecule has 58 heavy (non-hydrogen) atoms. The molecule has 0 saturated heterocycles. The lowest BCUT2D eigenvalue weighted by atomic mass is 9.82. The topological polar surface area (TPSA) is 29.5 Å². The fourth-order valence-electron chi connectivity index (χ4n) is 9.67. The number of hydrogen-bond donors (Lipinski definition) is 0. The van der Waals surface area contributed by atoms with Crippen molar-refractivity contribution >= 4 is 71.7 Å². The van der Waals surface area contributed by atoms with Crippen LogP contribution in [0.5, 0.6) is 0 Å². The van der Waals surface area contributed by atoms with Crippen molar-refractivity contribution in [3.8, 4) is 33.4 Å². The molecule has 1 aliphatic rings. The van der Waals surface area contributed by atoms with Crippen molar-refractivity contribution in [2.45, 2.75) is 19.3 Å². The van der Waals surface area contributed by atoms with Gasteiger partial charge in [0.2, 0.25) is 0 Å². The summed E-state index contributed by atoms with van der Waals surface area (Å²) in [5.74, 6) is 0. The first kappa shape index (κ1) is 32.8. The molecular weight excluding hydrogens is 707 g/mol. The molecule has 12 rings (SSSR count). The minimum Gasteiger partial charge on any atom is -0.456 e. The van der Waals surface area contributed by atoms with Crippen molar-refractivity contribution in [3.05, 3.63) is 199 Å². The maximum absolute atomic E-state index is 6.93. The molecule has 0 aliphatic heterocycles. The lowest BCUT2D eigenvalue weighted by Crippen LogP contribution is -2.16. The lowest BCUT2D eigenvalue weighted by molar-refractivity contribution is 0.660. The van der Waals surface area contributed by atoms with Gasteiger partial charge < -0.3 is 13.7 Å². The summed E-state index contributed by atoms with van der Waals surface area (Å²) in [6.45, 7) is 4.69. The third-order valence-corrected chi connectivity index (χ3v) is 12.5. The number of anilines is 3. The molecule has 0 unspecified atom stereocenters. The van der Waals surface area contributed by atoms with E-state index in [-0.39, 0.29) is 5.41 Å². The molecule has 0 saturated carbocycles. The molecule has 9 aromatic carbocycles. The monoisotopic (exact) mass is 743 g/mol. The average molecular weight is 744 g/mol. The molecule has 0 fully saturated rings. The van der Waals surface area contributed by atoms with E-state index in [1.54, 1.807) is 0 Å². The standard InChI is InChI=1S/C55H37NO2/c1-55(2)46-20-8-5-17-45(46)52-47(55)21-12-23-49(52)56(37-29-25-34(26-30-37)36-28-31-41-40-16-7-10-24-50(40)57-51(41)33-36)48-22-9-6-15-39(48)42-18-11-19-43-44-32-27-35-13-3-4-14-38(35)53(44)58-54(42)43/h3-33H,1-2H3. The zero-order valence-electron chi connectivity index (χ0n) is 32.2. The molecule has 0 bridgehead atoms. The fourth-order valence-corrected chi connectivity index (χ4v) is 9.67. The quantitative estimate of drug-likeness (QED) is 0.176. The van der Waals surface area contributed by atoms with E-state index < -0.39 is 0 Å². The van der Waals surface area contributed by atoms with E-state index in [1.165, 1.54) is 27.6 Å². The average Bonchev–Trinajstić information content (AvgIpc) is 3.92. The minimum absolute atomic E-state index is 0.144. The summed E-state index contributed by atoms with van der Waals surface area (Å²) in [4.78, 5) is 2.45. The van der Waals surface area contributed by atoms with E-state index >= 15 is 0 Å². The summed E-state index contributed by atoms with van der Waals surface area (Å²) >= 11 is 0. The van der Waals surface area contributed by atoms with Crippen LogP contribution in [0.25, 0.3) is 88.0 Å². The summed E-state index contributed by atoms with van der Waals surface area (Å²) in [6.07, 6.45) is 0. The molecule has 3 nitrogen and oxygen atoms in total. The van der Waals surface area contributed by atoms with Gasteiger partial charge in [0.15, 0.2) is 0 Å². The summed E-state index contributed by atoms with van der Waals surface area (Å²) < 4.78 is 13.2. The molecule has 2 heterocycles. The first-order valence-corrected chi connectivity index (χ1v) is 20.0. The second-order valence-electron chi connectivity index (χ2n) is 16.0. The largest absolute Gasteiger partial charge is 0.456 e. The van der Waals surface area contributed by atoms with E-state index in [2.05, 4.69) is 195 Å². The SMILES string of the molecule is CC1(C)c2ccccc2-c2c(N(c3ccc(-c4ccc5c(c4)oc4ccccc45)cc3)c3ccccc3-c3cccc4c3oc3c5ccccc5ccc43)cccc21. The number of benzene rings is 9. The van der Waals surface area contributed by atoms with Gasteiger partial charge in [0.25, 0.3) is 0 Å². The lowest BCUT2D eigenvalue weighted by Gasteiger charge is -2.30. The highest BCUT2D eigenvalue weighted by Gasteiger charge is 2.38. The molecule has 3 heteroatoms. The highest BCUT2D eigenvalue weighted by molar-refractivity contribution is 6.18. The van der Waals surface area contributed by atoms with Crippen LogP contribution in [0.4, 0.5) is 17.1 Å². The van der Waals surface area contributed by atoms with E-state index in [4.69, 9.17) is 8.83 Å². The maximum Gasteiger partial charge on any atom is 0.143 e. The van der Waals surface area contributed by atoms with Gasteiger partial charge in [0, 0.05) is 54.7 Å². The van der Waals surface area contributed by atoms with E-state index in [1.807, 2.05) is 12.1 Å². The Balaban J connectivity index is 1.07. The molecule has 0 amide bonds. The molecule has 0 N–H and O–H groups in total. The second-order valence-corrected chi connectivity index (χ2v) is 16.0. The molecule has 0 radical (unpaired) electrons. The highest BCUT2D eigenvalue weighted by atomic mass is 16.3. The van der Waals surface area contributed by atoms with Gasteiger partial charge >= 0.3 is 0 Å². The van der Waals surface area contributed by atoms with Gasteiger partial charge in [-0.15, -0.1) is 0 Å². The van der Waals surface area contributed by atoms with Crippen LogP contribution in [0.15, 0.2) is 197 Å². The van der Waals surface area contributed by atoms with Crippen molar-refractivity contribution < 1.29 is 8.83 Å². The summed E-state index contributed by atoms with van der Waals surface area (Å²) in [7, 11) is 0. The molecule has 2 aromatic heterocycles. The number of rotatable bonds is 5. The van der Waals surface area contributed by atoms with Gasteiger partial charge in [0.1, 0.15) is 22.3 Å². The first-order chi connectivity index (χ1) is 28.5. The number of para-hydroxylation sites is 3. The minimum atomic E-state index is -0.144. The smallest absolute Gasteiger partial charge is 0.143 e. The summed E-state index contributed by atoms with van der Waals surface area (Å²) in [6, 6.07) is 67.7. The van der Waals surface area contributed by atoms with Gasteiger partial charge in [-0.1, -0.05) is 153 Å². The second kappa shape index (κ2) is 12.3. The molecule has 0 atom stereocenters. The molecule has 1 aliphatic carbocycles. The van der Waals surface area contributed by atoms with Crippen molar-refractivity contribution in [1.29, 1.82) is 0 Å². The number of hydrogen-bond acceptors (Lipinski definition) is 3. The predicted molar refractivity (Wildman–Crippen MR) is 242 cm³/mol. The van der Waals surface area contributed by atoms with Crippen LogP contribution in [0.1, 0.15) is 25.0 Å². The van der Waals surface area contributed by atoms with E-state index in [0.717, 1.165) is 88.6 Å². The molecular formula is C55H37NO2. The molecule has 11 aromatic rings. The Morgan fingerprint density at radius 2 is 1.02 bits per heavy atom. The summed E-state index contributed by atoms with van der Waals surface area (Å²) in [5.41, 5.74) is 16.4. The van der Waals surface area contributed by atoms with Crippen LogP contribution in [-0.2, 0) is 5.41 Å². The van der Waals surface area contributed by atoms with Gasteiger partial charge in [-0.25, -0.2) is 0 Å². The third kappa shape index (κ3) is 4.74. The Labute approximate surface area is 336 Å². The van der Waals surface area contributed by atoms with E-state index in [0.29, 0.717) is 0 Å². The van der Waals surface area contributed by atoms with Gasteiger partial charge in [-0.3, -0.25) is 0 Å². The zero-order valence-corrected chi connectivity index (χ0v) is 32.2. The molecule has 274 valence electrons. The van der Waals surface area contributed by atoms with Gasteiger partial charge in [0.05, 0.1) is 11.4 Å². The van der Waals surface area contributed by atoms with Crippen LogP contribution in [0.3, 0.4) is 0 Å². The van der Waals surface area contributed by atoms with Crippen LogP contribution in [0, 0.1) is 0 Å². The maximum atomic E-state index is 6.93. The van der Waals surface area contributed by atoms with Crippen molar-refractivity contribution in [2.75, 3.05) is 4.90 Å². The van der Waals surface area contributed by atoms with Crippen LogP contribution < -0.4 is 4.90 Å². The molecule has 0 spiro atoms. The highest BCUT2D eigenvalue weighted by Crippen LogP contribution is 2.55. The van der Waals surface area contributed by atoms with Crippen molar-refractivity contribution in [1.82, 2.24) is 0 Å². The van der Waals surface area contributed by atoms with Crippen molar-refractivity contribution in [3.63, 3.8) is 0 Å². The first-order valence-electron chi connectivity index (χ1n) is 20.0. The number of nitrogens with zero attached hydrogens (tertiary/aromatic N) is 1. The number of furan rings is 2. The Kier molecular flexibility index (Phi) is 6.98. The normalized spacial score (nSPS) is 13.1. The Morgan fingerprint density at radius 1 is 0.397 bits per heavy atom. The zero-order chi connectivity index (χ0) is 38.5. The van der Waals surface area contributed by atoms with Crippen LogP contribution in [0.2, 0.25) is 0 Å². The fraction of sp³-hybridized carbons (Fsp3) is 0.0545. The van der Waals surface area contributed by atoms with Gasteiger partial charge in [-0.2, -0.15) is 0 Å². The Morgan fingerprint density at radius 3 is 1.91 bits per heavy atom. The van der Waals surface area contributed by atoms with Crippen molar-refractivity contribution in [2.24, 2.45) is 0 Å². The van der Waals surface area contributed by atoms with E-state index in [9.17, 15) is 0 Å².